The molecule has 3 N–H and O–H groups in total. The van der Waals surface area contributed by atoms with Crippen molar-refractivity contribution in [3.8, 4) is 17.2 Å². The molecule has 0 bridgehead atoms. The Morgan fingerprint density at radius 2 is 1.81 bits per heavy atom. The molecule has 5 rings (SSSR count). The topological polar surface area (TPSA) is 117 Å². The van der Waals surface area contributed by atoms with Crippen LogP contribution < -0.4 is 30.8 Å². The second kappa shape index (κ2) is 9.90. The first-order valence-corrected chi connectivity index (χ1v) is 11.9. The molecule has 0 radical (unpaired) electrons. The van der Waals surface area contributed by atoms with Gasteiger partial charge in [0, 0.05) is 30.7 Å². The van der Waals surface area contributed by atoms with E-state index in [1.807, 2.05) is 18.2 Å². The SMILES string of the molecule is COc1cc2c(cc1N)c(=O)n(C)c1cnc(Nc3ccc(OCCN4CCCC4)c(OC)c3)nc21. The van der Waals surface area contributed by atoms with Crippen molar-refractivity contribution in [2.75, 3.05) is 51.5 Å². The fraction of sp³-hybridized carbons (Fsp3) is 0.346. The number of fused-ring (bicyclic) bond motifs is 3. The van der Waals surface area contributed by atoms with E-state index in [1.165, 1.54) is 24.5 Å². The Hall–Kier alpha value is -4.05. The van der Waals surface area contributed by atoms with Gasteiger partial charge in [0.15, 0.2) is 11.5 Å². The molecule has 0 aliphatic carbocycles. The predicted octanol–water partition coefficient (Wildman–Crippen LogP) is 3.30. The lowest BCUT2D eigenvalue weighted by Gasteiger charge is -2.17. The van der Waals surface area contributed by atoms with Crippen LogP contribution in [0.5, 0.6) is 17.2 Å². The monoisotopic (exact) mass is 490 g/mol. The summed E-state index contributed by atoms with van der Waals surface area (Å²) in [6.45, 7) is 3.79. The summed E-state index contributed by atoms with van der Waals surface area (Å²) in [5.41, 5.74) is 8.22. The number of ether oxygens (including phenoxy) is 3. The lowest BCUT2D eigenvalue weighted by atomic mass is 10.1. The van der Waals surface area contributed by atoms with Gasteiger partial charge in [-0.1, -0.05) is 0 Å². The number of methoxy groups -OCH3 is 2. The molecule has 2 aromatic carbocycles. The predicted molar refractivity (Wildman–Crippen MR) is 141 cm³/mol. The molecule has 0 amide bonds. The number of benzene rings is 2. The van der Waals surface area contributed by atoms with Crippen molar-refractivity contribution in [3.63, 3.8) is 0 Å². The molecule has 1 aliphatic heterocycles. The maximum absolute atomic E-state index is 12.9. The Balaban J connectivity index is 1.44. The van der Waals surface area contributed by atoms with E-state index in [-0.39, 0.29) is 5.56 Å². The van der Waals surface area contributed by atoms with Crippen molar-refractivity contribution in [3.05, 3.63) is 46.9 Å². The molecule has 4 aromatic rings. The summed E-state index contributed by atoms with van der Waals surface area (Å²) in [6, 6.07) is 8.98. The van der Waals surface area contributed by atoms with E-state index >= 15 is 0 Å². The standard InChI is InChI=1S/C26H30N6O4/c1-31-20-15-28-26(30-24(20)17-14-22(34-2)19(27)13-18(17)25(31)33)29-16-6-7-21(23(12-16)35-3)36-11-10-32-8-4-5-9-32/h6-7,12-15H,4-5,8-11,27H2,1-3H3,(H,28,29,30). The summed E-state index contributed by atoms with van der Waals surface area (Å²) in [4.78, 5) is 24.4. The Morgan fingerprint density at radius 1 is 1.03 bits per heavy atom. The van der Waals surface area contributed by atoms with Crippen molar-refractivity contribution in [2.24, 2.45) is 7.05 Å². The number of nitrogens with zero attached hydrogens (tertiary/aromatic N) is 4. The molecular formula is C26H30N6O4. The van der Waals surface area contributed by atoms with Crippen LogP contribution in [0.2, 0.25) is 0 Å². The zero-order chi connectivity index (χ0) is 25.2. The number of aromatic nitrogens is 3. The van der Waals surface area contributed by atoms with Crippen LogP contribution in [-0.4, -0.2) is 59.9 Å². The maximum Gasteiger partial charge on any atom is 0.258 e. The number of hydrogen-bond donors (Lipinski definition) is 2. The number of hydrogen-bond acceptors (Lipinski definition) is 9. The number of likely N-dealkylation sites (tertiary alicyclic amines) is 1. The van der Waals surface area contributed by atoms with E-state index in [1.54, 1.807) is 32.5 Å². The molecule has 0 unspecified atom stereocenters. The second-order valence-electron chi connectivity index (χ2n) is 8.82. The molecule has 10 nitrogen and oxygen atoms in total. The molecule has 2 aromatic heterocycles. The smallest absolute Gasteiger partial charge is 0.258 e. The molecule has 0 spiro atoms. The first-order valence-electron chi connectivity index (χ1n) is 11.9. The molecular weight excluding hydrogens is 460 g/mol. The number of pyridine rings is 1. The Labute approximate surface area is 208 Å². The van der Waals surface area contributed by atoms with Crippen molar-refractivity contribution in [2.45, 2.75) is 12.8 Å². The largest absolute Gasteiger partial charge is 0.495 e. The minimum absolute atomic E-state index is 0.179. The third-order valence-electron chi connectivity index (χ3n) is 6.57. The number of nitrogen functional groups attached to an aromatic ring is 1. The highest BCUT2D eigenvalue weighted by Crippen LogP contribution is 2.33. The van der Waals surface area contributed by atoms with E-state index < -0.39 is 0 Å². The first kappa shape index (κ1) is 23.7. The number of rotatable bonds is 8. The fourth-order valence-corrected chi connectivity index (χ4v) is 4.60. The van der Waals surface area contributed by atoms with Crippen LogP contribution in [0, 0.1) is 0 Å². The van der Waals surface area contributed by atoms with Gasteiger partial charge in [-0.3, -0.25) is 9.69 Å². The van der Waals surface area contributed by atoms with Crippen LogP contribution in [0.3, 0.4) is 0 Å². The molecule has 188 valence electrons. The highest BCUT2D eigenvalue weighted by molar-refractivity contribution is 6.05. The zero-order valence-corrected chi connectivity index (χ0v) is 20.7. The number of nitrogens with one attached hydrogen (secondary N) is 1. The lowest BCUT2D eigenvalue weighted by molar-refractivity contribution is 0.230. The summed E-state index contributed by atoms with van der Waals surface area (Å²) >= 11 is 0. The van der Waals surface area contributed by atoms with Gasteiger partial charge in [-0.15, -0.1) is 0 Å². The number of anilines is 3. The average Bonchev–Trinajstić information content (AvgIpc) is 3.41. The number of nitrogens with two attached hydrogens (primary N) is 1. The molecule has 0 saturated carbocycles. The van der Waals surface area contributed by atoms with E-state index in [2.05, 4.69) is 15.2 Å². The molecule has 0 atom stereocenters. The van der Waals surface area contributed by atoms with Gasteiger partial charge in [0.1, 0.15) is 17.9 Å². The summed E-state index contributed by atoms with van der Waals surface area (Å²) in [7, 11) is 4.84. The van der Waals surface area contributed by atoms with Crippen LogP contribution in [0.1, 0.15) is 12.8 Å². The van der Waals surface area contributed by atoms with Crippen LogP contribution in [-0.2, 0) is 7.05 Å². The van der Waals surface area contributed by atoms with Crippen LogP contribution in [0.25, 0.3) is 21.8 Å². The van der Waals surface area contributed by atoms with Gasteiger partial charge < -0.3 is 29.8 Å². The summed E-state index contributed by atoms with van der Waals surface area (Å²) in [5, 5.41) is 4.33. The van der Waals surface area contributed by atoms with Crippen molar-refractivity contribution in [1.29, 1.82) is 0 Å². The highest BCUT2D eigenvalue weighted by Gasteiger charge is 2.15. The number of aryl methyl sites for hydroxylation is 1. The van der Waals surface area contributed by atoms with Gasteiger partial charge in [0.2, 0.25) is 5.95 Å². The summed E-state index contributed by atoms with van der Waals surface area (Å²) in [6.07, 6.45) is 4.14. The average molecular weight is 491 g/mol. The van der Waals surface area contributed by atoms with Crippen molar-refractivity contribution >= 4 is 39.1 Å². The van der Waals surface area contributed by atoms with Gasteiger partial charge in [-0.2, -0.15) is 0 Å². The molecule has 10 heteroatoms. The minimum atomic E-state index is -0.179. The Kier molecular flexibility index (Phi) is 6.51. The zero-order valence-electron chi connectivity index (χ0n) is 20.7. The lowest BCUT2D eigenvalue weighted by Crippen LogP contribution is -2.25. The second-order valence-corrected chi connectivity index (χ2v) is 8.82. The van der Waals surface area contributed by atoms with E-state index in [4.69, 9.17) is 24.9 Å². The van der Waals surface area contributed by atoms with Crippen LogP contribution in [0.15, 0.2) is 41.3 Å². The van der Waals surface area contributed by atoms with E-state index in [9.17, 15) is 4.79 Å². The fourth-order valence-electron chi connectivity index (χ4n) is 4.60. The highest BCUT2D eigenvalue weighted by atomic mass is 16.5. The van der Waals surface area contributed by atoms with Crippen LogP contribution >= 0.6 is 0 Å². The minimum Gasteiger partial charge on any atom is -0.495 e. The van der Waals surface area contributed by atoms with Gasteiger partial charge >= 0.3 is 0 Å². The third kappa shape index (κ3) is 4.47. The van der Waals surface area contributed by atoms with Gasteiger partial charge in [-0.25, -0.2) is 9.97 Å². The Bertz CT molecular complexity index is 1480. The van der Waals surface area contributed by atoms with Crippen LogP contribution in [0.4, 0.5) is 17.3 Å². The summed E-state index contributed by atoms with van der Waals surface area (Å²) in [5.74, 6) is 2.17. The van der Waals surface area contributed by atoms with Crippen molar-refractivity contribution in [1.82, 2.24) is 19.4 Å². The third-order valence-corrected chi connectivity index (χ3v) is 6.57. The first-order chi connectivity index (χ1) is 17.5. The quantitative estimate of drug-likeness (QED) is 0.283. The summed E-state index contributed by atoms with van der Waals surface area (Å²) < 4.78 is 18.4. The Morgan fingerprint density at radius 3 is 2.56 bits per heavy atom. The maximum atomic E-state index is 12.9. The molecule has 1 aliphatic rings. The van der Waals surface area contributed by atoms with Gasteiger partial charge in [-0.05, 0) is 50.2 Å². The van der Waals surface area contributed by atoms with E-state index in [0.29, 0.717) is 57.3 Å². The molecule has 1 fully saturated rings. The van der Waals surface area contributed by atoms with Gasteiger partial charge in [0.05, 0.1) is 37.0 Å². The molecule has 3 heterocycles. The normalized spacial score (nSPS) is 13.9. The molecule has 36 heavy (non-hydrogen) atoms. The van der Waals surface area contributed by atoms with Crippen molar-refractivity contribution < 1.29 is 14.2 Å². The van der Waals surface area contributed by atoms with E-state index in [0.717, 1.165) is 25.3 Å². The van der Waals surface area contributed by atoms with Gasteiger partial charge in [0.25, 0.3) is 5.56 Å². The molecule has 1 saturated heterocycles.